The standard InChI is InChI=1S/C24H30N2O3/c1-17(27)26-13-5-8-22-23(26)9-4-10-24(22)29-16-21(28)15-25-20-12-11-18-6-2-3-7-19(18)14-20/h2-4,6-7,9-10,20-21,25,28H,5,8,11-16H2,1H3. The van der Waals surface area contributed by atoms with E-state index in [1.165, 1.54) is 11.1 Å². The zero-order valence-electron chi connectivity index (χ0n) is 17.1. The molecule has 2 N–H and O–H groups in total. The first-order chi connectivity index (χ1) is 14.1. The molecule has 1 amide bonds. The number of anilines is 1. The Labute approximate surface area is 172 Å². The number of aliphatic hydroxyl groups is 1. The maximum atomic E-state index is 11.9. The van der Waals surface area contributed by atoms with Crippen molar-refractivity contribution in [2.24, 2.45) is 0 Å². The fraction of sp³-hybridized carbons (Fsp3) is 0.458. The van der Waals surface area contributed by atoms with Crippen LogP contribution in [0.4, 0.5) is 5.69 Å². The maximum Gasteiger partial charge on any atom is 0.223 e. The van der Waals surface area contributed by atoms with Crippen LogP contribution in [0.5, 0.6) is 5.75 Å². The van der Waals surface area contributed by atoms with E-state index >= 15 is 0 Å². The second kappa shape index (κ2) is 8.97. The molecule has 0 aromatic heterocycles. The van der Waals surface area contributed by atoms with Gasteiger partial charge in [-0.25, -0.2) is 0 Å². The molecule has 2 atom stereocenters. The van der Waals surface area contributed by atoms with Gasteiger partial charge in [-0.2, -0.15) is 0 Å². The third kappa shape index (κ3) is 4.62. The molecule has 29 heavy (non-hydrogen) atoms. The Morgan fingerprint density at radius 2 is 2.03 bits per heavy atom. The van der Waals surface area contributed by atoms with Crippen LogP contribution < -0.4 is 15.0 Å². The van der Waals surface area contributed by atoms with Crippen LogP contribution in [0.25, 0.3) is 0 Å². The predicted molar refractivity (Wildman–Crippen MR) is 115 cm³/mol. The van der Waals surface area contributed by atoms with Gasteiger partial charge in [0.15, 0.2) is 0 Å². The average Bonchev–Trinajstić information content (AvgIpc) is 2.75. The van der Waals surface area contributed by atoms with Gasteiger partial charge >= 0.3 is 0 Å². The Morgan fingerprint density at radius 1 is 1.21 bits per heavy atom. The van der Waals surface area contributed by atoms with Crippen LogP contribution in [0.15, 0.2) is 42.5 Å². The van der Waals surface area contributed by atoms with E-state index in [0.717, 1.165) is 55.6 Å². The Balaban J connectivity index is 1.30. The predicted octanol–water partition coefficient (Wildman–Crippen LogP) is 2.87. The first kappa shape index (κ1) is 19.9. The molecule has 154 valence electrons. The van der Waals surface area contributed by atoms with E-state index < -0.39 is 6.10 Å². The summed E-state index contributed by atoms with van der Waals surface area (Å²) in [5.41, 5.74) is 4.86. The highest BCUT2D eigenvalue weighted by molar-refractivity contribution is 5.93. The number of fused-ring (bicyclic) bond motifs is 2. The molecule has 2 aromatic carbocycles. The molecule has 0 radical (unpaired) electrons. The molecular formula is C24H30N2O3. The minimum absolute atomic E-state index is 0.0568. The van der Waals surface area contributed by atoms with E-state index in [1.54, 1.807) is 6.92 Å². The summed E-state index contributed by atoms with van der Waals surface area (Å²) in [7, 11) is 0. The first-order valence-corrected chi connectivity index (χ1v) is 10.6. The summed E-state index contributed by atoms with van der Waals surface area (Å²) >= 11 is 0. The van der Waals surface area contributed by atoms with Gasteiger partial charge < -0.3 is 20.1 Å². The van der Waals surface area contributed by atoms with Crippen molar-refractivity contribution < 1.29 is 14.6 Å². The number of ether oxygens (including phenoxy) is 1. The average molecular weight is 395 g/mol. The molecule has 0 fully saturated rings. The number of hydrogen-bond donors (Lipinski definition) is 2. The summed E-state index contributed by atoms with van der Waals surface area (Å²) in [4.78, 5) is 13.7. The second-order valence-corrected chi connectivity index (χ2v) is 8.11. The lowest BCUT2D eigenvalue weighted by Gasteiger charge is -2.30. The lowest BCUT2D eigenvalue weighted by molar-refractivity contribution is -0.116. The van der Waals surface area contributed by atoms with Crippen LogP contribution in [0.2, 0.25) is 0 Å². The van der Waals surface area contributed by atoms with Gasteiger partial charge in [-0.1, -0.05) is 30.3 Å². The molecule has 2 aliphatic rings. The molecule has 1 aliphatic carbocycles. The van der Waals surface area contributed by atoms with Crippen LogP contribution in [-0.4, -0.2) is 42.9 Å². The van der Waals surface area contributed by atoms with Crippen molar-refractivity contribution in [1.29, 1.82) is 0 Å². The van der Waals surface area contributed by atoms with Gasteiger partial charge in [0.05, 0.1) is 5.69 Å². The van der Waals surface area contributed by atoms with E-state index in [4.69, 9.17) is 4.74 Å². The van der Waals surface area contributed by atoms with Gasteiger partial charge in [-0.05, 0) is 55.4 Å². The molecule has 0 saturated carbocycles. The van der Waals surface area contributed by atoms with Crippen LogP contribution in [0.1, 0.15) is 36.5 Å². The number of benzene rings is 2. The smallest absolute Gasteiger partial charge is 0.223 e. The Morgan fingerprint density at radius 3 is 2.86 bits per heavy atom. The number of nitrogens with one attached hydrogen (secondary N) is 1. The second-order valence-electron chi connectivity index (χ2n) is 8.11. The van der Waals surface area contributed by atoms with Crippen LogP contribution in [0.3, 0.4) is 0 Å². The number of aliphatic hydroxyl groups excluding tert-OH is 1. The molecule has 1 aliphatic heterocycles. The van der Waals surface area contributed by atoms with Gasteiger partial charge in [-0.15, -0.1) is 0 Å². The lowest BCUT2D eigenvalue weighted by Crippen LogP contribution is -2.41. The minimum Gasteiger partial charge on any atom is -0.490 e. The molecule has 1 heterocycles. The number of carbonyl (C=O) groups is 1. The third-order valence-electron chi connectivity index (χ3n) is 6.01. The normalized spacial score (nSPS) is 19.2. The summed E-state index contributed by atoms with van der Waals surface area (Å²) < 4.78 is 5.96. The molecule has 5 nitrogen and oxygen atoms in total. The number of hydrogen-bond acceptors (Lipinski definition) is 4. The topological polar surface area (TPSA) is 61.8 Å². The van der Waals surface area contributed by atoms with Crippen molar-refractivity contribution in [1.82, 2.24) is 5.32 Å². The Hall–Kier alpha value is -2.37. The molecule has 2 aromatic rings. The first-order valence-electron chi connectivity index (χ1n) is 10.6. The lowest BCUT2D eigenvalue weighted by atomic mass is 9.88. The fourth-order valence-corrected chi connectivity index (χ4v) is 4.47. The van der Waals surface area contributed by atoms with Crippen LogP contribution in [-0.2, 0) is 24.1 Å². The van der Waals surface area contributed by atoms with Gasteiger partial charge in [0.2, 0.25) is 5.91 Å². The fourth-order valence-electron chi connectivity index (χ4n) is 4.47. The summed E-state index contributed by atoms with van der Waals surface area (Å²) in [6.45, 7) is 3.11. The van der Waals surface area contributed by atoms with Crippen LogP contribution >= 0.6 is 0 Å². The minimum atomic E-state index is -0.574. The summed E-state index contributed by atoms with van der Waals surface area (Å²) in [5, 5.41) is 13.9. The van der Waals surface area contributed by atoms with E-state index in [2.05, 4.69) is 29.6 Å². The van der Waals surface area contributed by atoms with Gasteiger partial charge in [0, 0.05) is 31.6 Å². The molecule has 4 rings (SSSR count). The number of aryl methyl sites for hydroxylation is 1. The Kier molecular flexibility index (Phi) is 6.16. The van der Waals surface area contributed by atoms with Crippen molar-refractivity contribution >= 4 is 11.6 Å². The van der Waals surface area contributed by atoms with Gasteiger partial charge in [0.25, 0.3) is 0 Å². The van der Waals surface area contributed by atoms with E-state index in [-0.39, 0.29) is 12.5 Å². The number of amides is 1. The van der Waals surface area contributed by atoms with E-state index in [9.17, 15) is 9.90 Å². The number of nitrogens with zero attached hydrogens (tertiary/aromatic N) is 1. The van der Waals surface area contributed by atoms with E-state index in [1.807, 2.05) is 23.1 Å². The SMILES string of the molecule is CC(=O)N1CCCc2c(OCC(O)CNC3CCc4ccccc4C3)cccc21. The zero-order valence-corrected chi connectivity index (χ0v) is 17.1. The number of rotatable bonds is 6. The van der Waals surface area contributed by atoms with Crippen molar-refractivity contribution in [3.63, 3.8) is 0 Å². The summed E-state index contributed by atoms with van der Waals surface area (Å²) in [5.74, 6) is 0.834. The highest BCUT2D eigenvalue weighted by atomic mass is 16.5. The summed E-state index contributed by atoms with van der Waals surface area (Å²) in [6.07, 6.45) is 4.44. The van der Waals surface area contributed by atoms with Gasteiger partial charge in [-0.3, -0.25) is 4.79 Å². The molecule has 0 bridgehead atoms. The van der Waals surface area contributed by atoms with Gasteiger partial charge in [0.1, 0.15) is 18.5 Å². The zero-order chi connectivity index (χ0) is 20.2. The maximum absolute atomic E-state index is 11.9. The largest absolute Gasteiger partial charge is 0.490 e. The van der Waals surface area contributed by atoms with Crippen LogP contribution in [0, 0.1) is 0 Å². The molecule has 0 saturated heterocycles. The van der Waals surface area contributed by atoms with Crippen molar-refractivity contribution in [2.75, 3.05) is 24.6 Å². The third-order valence-corrected chi connectivity index (χ3v) is 6.01. The van der Waals surface area contributed by atoms with E-state index in [0.29, 0.717) is 12.6 Å². The monoisotopic (exact) mass is 394 g/mol. The molecule has 0 spiro atoms. The Bertz CT molecular complexity index is 867. The highest BCUT2D eigenvalue weighted by Crippen LogP contribution is 2.34. The molecule has 5 heteroatoms. The quantitative estimate of drug-likeness (QED) is 0.791. The molecule has 2 unspecified atom stereocenters. The van der Waals surface area contributed by atoms with Crippen molar-refractivity contribution in [2.45, 2.75) is 51.2 Å². The molecular weight excluding hydrogens is 364 g/mol. The highest BCUT2D eigenvalue weighted by Gasteiger charge is 2.23. The van der Waals surface area contributed by atoms with Crippen molar-refractivity contribution in [3.05, 3.63) is 59.2 Å². The number of carbonyl (C=O) groups excluding carboxylic acids is 1. The summed E-state index contributed by atoms with van der Waals surface area (Å²) in [6, 6.07) is 14.8. The van der Waals surface area contributed by atoms with Crippen molar-refractivity contribution in [3.8, 4) is 5.75 Å².